The van der Waals surface area contributed by atoms with Crippen LogP contribution in [0.3, 0.4) is 0 Å². The minimum Gasteiger partial charge on any atom is -0.0925 e. The first-order valence-corrected chi connectivity index (χ1v) is 8.06. The SMILES string of the molecule is CCCCCCC(CBr)Cc1cccc(Cl)c1. The first-order valence-electron chi connectivity index (χ1n) is 6.56. The zero-order chi connectivity index (χ0) is 12.5. The van der Waals surface area contributed by atoms with Crippen molar-refractivity contribution in [3.8, 4) is 0 Å². The van der Waals surface area contributed by atoms with Gasteiger partial charge in [0.2, 0.25) is 0 Å². The summed E-state index contributed by atoms with van der Waals surface area (Å²) in [5.74, 6) is 0.741. The lowest BCUT2D eigenvalue weighted by Gasteiger charge is -2.14. The van der Waals surface area contributed by atoms with E-state index in [4.69, 9.17) is 11.6 Å². The van der Waals surface area contributed by atoms with Crippen molar-refractivity contribution < 1.29 is 0 Å². The Morgan fingerprint density at radius 3 is 2.71 bits per heavy atom. The second-order valence-corrected chi connectivity index (χ2v) is 5.79. The topological polar surface area (TPSA) is 0 Å². The molecule has 1 aromatic rings. The Hall–Kier alpha value is -0.0100. The zero-order valence-electron chi connectivity index (χ0n) is 10.6. The van der Waals surface area contributed by atoms with Crippen LogP contribution in [0.25, 0.3) is 0 Å². The highest BCUT2D eigenvalue weighted by Crippen LogP contribution is 2.20. The van der Waals surface area contributed by atoms with Gasteiger partial charge in [-0.05, 0) is 36.5 Å². The van der Waals surface area contributed by atoms with E-state index in [-0.39, 0.29) is 0 Å². The van der Waals surface area contributed by atoms with Gasteiger partial charge in [-0.2, -0.15) is 0 Å². The number of hydrogen-bond acceptors (Lipinski definition) is 0. The summed E-state index contributed by atoms with van der Waals surface area (Å²) in [7, 11) is 0. The molecule has 0 N–H and O–H groups in total. The third-order valence-corrected chi connectivity index (χ3v) is 4.25. The van der Waals surface area contributed by atoms with E-state index in [0.29, 0.717) is 0 Å². The molecule has 1 atom stereocenters. The van der Waals surface area contributed by atoms with Crippen molar-refractivity contribution in [2.24, 2.45) is 5.92 Å². The molecule has 96 valence electrons. The Kier molecular flexibility index (Phi) is 7.96. The number of alkyl halides is 1. The molecule has 1 unspecified atom stereocenters. The van der Waals surface area contributed by atoms with E-state index in [1.807, 2.05) is 12.1 Å². The van der Waals surface area contributed by atoms with E-state index in [1.54, 1.807) is 0 Å². The molecule has 0 nitrogen and oxygen atoms in total. The van der Waals surface area contributed by atoms with Gasteiger partial charge in [0, 0.05) is 10.4 Å². The number of hydrogen-bond donors (Lipinski definition) is 0. The third kappa shape index (κ3) is 6.47. The van der Waals surface area contributed by atoms with Crippen molar-refractivity contribution in [3.63, 3.8) is 0 Å². The van der Waals surface area contributed by atoms with Crippen molar-refractivity contribution in [2.45, 2.75) is 45.4 Å². The Morgan fingerprint density at radius 2 is 2.06 bits per heavy atom. The predicted molar refractivity (Wildman–Crippen MR) is 81.2 cm³/mol. The van der Waals surface area contributed by atoms with E-state index in [9.17, 15) is 0 Å². The summed E-state index contributed by atoms with van der Waals surface area (Å²) < 4.78 is 0. The van der Waals surface area contributed by atoms with Crippen LogP contribution in [0.1, 0.15) is 44.6 Å². The fraction of sp³-hybridized carbons (Fsp3) is 0.600. The highest BCUT2D eigenvalue weighted by molar-refractivity contribution is 9.09. The smallest absolute Gasteiger partial charge is 0.0408 e. The highest BCUT2D eigenvalue weighted by Gasteiger charge is 2.08. The first kappa shape index (κ1) is 15.0. The lowest BCUT2D eigenvalue weighted by molar-refractivity contribution is 0.496. The maximum absolute atomic E-state index is 6.01. The third-order valence-electron chi connectivity index (χ3n) is 3.10. The summed E-state index contributed by atoms with van der Waals surface area (Å²) in [6.07, 6.45) is 7.86. The summed E-state index contributed by atoms with van der Waals surface area (Å²) in [5, 5.41) is 1.94. The molecule has 0 saturated heterocycles. The molecule has 0 aliphatic carbocycles. The monoisotopic (exact) mass is 316 g/mol. The van der Waals surface area contributed by atoms with Crippen LogP contribution < -0.4 is 0 Å². The van der Waals surface area contributed by atoms with Gasteiger partial charge in [0.25, 0.3) is 0 Å². The Balaban J connectivity index is 2.35. The fourth-order valence-corrected chi connectivity index (χ4v) is 2.86. The molecule has 0 bridgehead atoms. The molecule has 0 radical (unpaired) electrons. The second-order valence-electron chi connectivity index (χ2n) is 4.70. The van der Waals surface area contributed by atoms with Gasteiger partial charge in [0.1, 0.15) is 0 Å². The molecular weight excluding hydrogens is 296 g/mol. The van der Waals surface area contributed by atoms with E-state index < -0.39 is 0 Å². The van der Waals surface area contributed by atoms with Crippen LogP contribution in [0.5, 0.6) is 0 Å². The molecule has 2 heteroatoms. The van der Waals surface area contributed by atoms with Crippen LogP contribution in [0.15, 0.2) is 24.3 Å². The Labute approximate surface area is 119 Å². The van der Waals surface area contributed by atoms with Crippen LogP contribution in [0.2, 0.25) is 5.02 Å². The maximum Gasteiger partial charge on any atom is 0.0408 e. The molecule has 0 aliphatic rings. The molecule has 0 aliphatic heterocycles. The first-order chi connectivity index (χ1) is 8.26. The van der Waals surface area contributed by atoms with Gasteiger partial charge in [-0.15, -0.1) is 0 Å². The zero-order valence-corrected chi connectivity index (χ0v) is 12.9. The molecule has 1 rings (SSSR count). The Bertz CT molecular complexity index is 312. The van der Waals surface area contributed by atoms with E-state index in [1.165, 1.54) is 37.7 Å². The molecule has 0 amide bonds. The van der Waals surface area contributed by atoms with Gasteiger partial charge in [0.05, 0.1) is 0 Å². The van der Waals surface area contributed by atoms with E-state index >= 15 is 0 Å². The van der Waals surface area contributed by atoms with Gasteiger partial charge in [-0.25, -0.2) is 0 Å². The van der Waals surface area contributed by atoms with Crippen LogP contribution in [0.4, 0.5) is 0 Å². The number of halogens is 2. The number of rotatable bonds is 8. The van der Waals surface area contributed by atoms with Crippen LogP contribution in [-0.2, 0) is 6.42 Å². The summed E-state index contributed by atoms with van der Waals surface area (Å²) in [4.78, 5) is 0. The number of benzene rings is 1. The molecule has 17 heavy (non-hydrogen) atoms. The van der Waals surface area contributed by atoms with Crippen LogP contribution >= 0.6 is 27.5 Å². The summed E-state index contributed by atoms with van der Waals surface area (Å²) in [5.41, 5.74) is 1.36. The van der Waals surface area contributed by atoms with Gasteiger partial charge in [-0.1, -0.05) is 72.3 Å². The summed E-state index contributed by atoms with van der Waals surface area (Å²) in [6.45, 7) is 2.26. The average molecular weight is 318 g/mol. The highest BCUT2D eigenvalue weighted by atomic mass is 79.9. The predicted octanol–water partition coefficient (Wildman–Crippen LogP) is 5.86. The summed E-state index contributed by atoms with van der Waals surface area (Å²) in [6, 6.07) is 8.24. The van der Waals surface area contributed by atoms with E-state index in [0.717, 1.165) is 22.7 Å². The van der Waals surface area contributed by atoms with E-state index in [2.05, 4.69) is 35.0 Å². The molecule has 0 fully saturated rings. The molecule has 0 saturated carbocycles. The normalized spacial score (nSPS) is 12.6. The minimum absolute atomic E-state index is 0.741. The molecule has 0 spiro atoms. The molecule has 0 aromatic heterocycles. The van der Waals surface area contributed by atoms with Crippen molar-refractivity contribution in [3.05, 3.63) is 34.9 Å². The molecule has 1 aromatic carbocycles. The second kappa shape index (κ2) is 8.99. The lowest BCUT2D eigenvalue weighted by atomic mass is 9.95. The van der Waals surface area contributed by atoms with Gasteiger partial charge in [0.15, 0.2) is 0 Å². The largest absolute Gasteiger partial charge is 0.0925 e. The van der Waals surface area contributed by atoms with Crippen LogP contribution in [0, 0.1) is 5.92 Å². The maximum atomic E-state index is 6.01. The van der Waals surface area contributed by atoms with Crippen molar-refractivity contribution in [1.29, 1.82) is 0 Å². The van der Waals surface area contributed by atoms with Crippen molar-refractivity contribution in [2.75, 3.05) is 5.33 Å². The number of unbranched alkanes of at least 4 members (excludes halogenated alkanes) is 3. The van der Waals surface area contributed by atoms with Gasteiger partial charge < -0.3 is 0 Å². The molecule has 0 heterocycles. The standard InChI is InChI=1S/C15H22BrCl/c1-2-3-4-5-7-14(12-16)10-13-8-6-9-15(17)11-13/h6,8-9,11,14H,2-5,7,10,12H2,1H3. The lowest BCUT2D eigenvalue weighted by Crippen LogP contribution is -2.06. The van der Waals surface area contributed by atoms with Gasteiger partial charge >= 0.3 is 0 Å². The minimum atomic E-state index is 0.741. The average Bonchev–Trinajstić information content (AvgIpc) is 2.33. The Morgan fingerprint density at radius 1 is 1.24 bits per heavy atom. The summed E-state index contributed by atoms with van der Waals surface area (Å²) >= 11 is 9.63. The van der Waals surface area contributed by atoms with Crippen molar-refractivity contribution in [1.82, 2.24) is 0 Å². The van der Waals surface area contributed by atoms with Crippen molar-refractivity contribution >= 4 is 27.5 Å². The molecular formula is C15H22BrCl. The fourth-order valence-electron chi connectivity index (χ4n) is 2.09. The van der Waals surface area contributed by atoms with Gasteiger partial charge in [-0.3, -0.25) is 0 Å². The quantitative estimate of drug-likeness (QED) is 0.416. The van der Waals surface area contributed by atoms with Crippen LogP contribution in [-0.4, -0.2) is 5.33 Å².